The first-order valence-electron chi connectivity index (χ1n) is 10.6. The molecule has 33 heavy (non-hydrogen) atoms. The van der Waals surface area contributed by atoms with Gasteiger partial charge in [0.25, 0.3) is 5.56 Å². The molecule has 2 aliphatic rings. The van der Waals surface area contributed by atoms with Crippen LogP contribution < -0.4 is 16.2 Å². The average molecular weight is 498 g/mol. The number of halogens is 1. The minimum absolute atomic E-state index is 0.0844. The number of nitrogens with zero attached hydrogens (tertiary/aromatic N) is 5. The third-order valence-corrected chi connectivity index (χ3v) is 9.20. The zero-order chi connectivity index (χ0) is 22.6. The molecular weight excluding hydrogens is 478 g/mol. The molecule has 0 radical (unpaired) electrons. The quantitative estimate of drug-likeness (QED) is 0.439. The minimum Gasteiger partial charge on any atom is -0.355 e. The molecule has 4 heterocycles. The maximum atomic E-state index is 12.2. The summed E-state index contributed by atoms with van der Waals surface area (Å²) >= 11 is 9.55. The Labute approximate surface area is 202 Å². The number of anilines is 1. The Morgan fingerprint density at radius 2 is 2.03 bits per heavy atom. The van der Waals surface area contributed by atoms with E-state index in [1.807, 2.05) is 11.6 Å². The van der Waals surface area contributed by atoms with Crippen LogP contribution in [0.25, 0.3) is 10.9 Å². The zero-order valence-electron chi connectivity index (χ0n) is 17.5. The van der Waals surface area contributed by atoms with Gasteiger partial charge >= 0.3 is 0 Å². The summed E-state index contributed by atoms with van der Waals surface area (Å²) in [6.07, 6.45) is 7.94. The van der Waals surface area contributed by atoms with Crippen molar-refractivity contribution >= 4 is 51.4 Å². The van der Waals surface area contributed by atoms with Crippen LogP contribution in [0.3, 0.4) is 0 Å². The van der Waals surface area contributed by atoms with Gasteiger partial charge in [0.05, 0.1) is 45.9 Å². The summed E-state index contributed by atoms with van der Waals surface area (Å²) in [5.41, 5.74) is 10.1. The number of thiazole rings is 1. The number of nitrogens with two attached hydrogens (primary N) is 1. The van der Waals surface area contributed by atoms with E-state index in [0.717, 1.165) is 43.1 Å². The summed E-state index contributed by atoms with van der Waals surface area (Å²) in [5.74, 6) is 0.860. The van der Waals surface area contributed by atoms with Crippen molar-refractivity contribution in [1.29, 1.82) is 0 Å². The van der Waals surface area contributed by atoms with Crippen LogP contribution in [0.15, 0.2) is 51.1 Å². The molecule has 0 saturated carbocycles. The SMILES string of the molecule is N[C@@H]1c2scnc2CC12CCN(c1cnc(Sc3ccc4nc[nH]c(=O)c4c3Cl)cn1)CC2. The molecule has 1 aromatic carbocycles. The van der Waals surface area contributed by atoms with Crippen molar-refractivity contribution in [1.82, 2.24) is 24.9 Å². The molecular formula is C22H20ClN7OS2. The summed E-state index contributed by atoms with van der Waals surface area (Å²) in [6, 6.07) is 3.72. The number of nitrogens with one attached hydrogen (secondary N) is 1. The molecule has 1 atom stereocenters. The number of benzene rings is 1. The summed E-state index contributed by atoms with van der Waals surface area (Å²) in [7, 11) is 0. The lowest BCUT2D eigenvalue weighted by Gasteiger charge is -2.42. The molecule has 0 unspecified atom stereocenters. The molecule has 1 fully saturated rings. The highest BCUT2D eigenvalue weighted by atomic mass is 35.5. The lowest BCUT2D eigenvalue weighted by atomic mass is 9.74. The Kier molecular flexibility index (Phi) is 5.13. The highest BCUT2D eigenvalue weighted by Crippen LogP contribution is 2.51. The van der Waals surface area contributed by atoms with Gasteiger partial charge in [0.2, 0.25) is 0 Å². The molecule has 4 aromatic rings. The van der Waals surface area contributed by atoms with Gasteiger partial charge < -0.3 is 15.6 Å². The van der Waals surface area contributed by atoms with Crippen LogP contribution in [-0.2, 0) is 6.42 Å². The topological polar surface area (TPSA) is 114 Å². The van der Waals surface area contributed by atoms with E-state index in [0.29, 0.717) is 21.0 Å². The Morgan fingerprint density at radius 3 is 2.79 bits per heavy atom. The molecule has 1 saturated heterocycles. The van der Waals surface area contributed by atoms with Crippen LogP contribution in [-0.4, -0.2) is 38.0 Å². The van der Waals surface area contributed by atoms with Crippen molar-refractivity contribution in [3.05, 3.63) is 62.3 Å². The number of aromatic amines is 1. The first-order valence-corrected chi connectivity index (χ1v) is 12.7. The third-order valence-electron chi connectivity index (χ3n) is 6.76. The maximum Gasteiger partial charge on any atom is 0.260 e. The Morgan fingerprint density at radius 1 is 1.18 bits per heavy atom. The number of hydrogen-bond acceptors (Lipinski definition) is 9. The summed E-state index contributed by atoms with van der Waals surface area (Å²) < 4.78 is 0. The molecule has 1 aliphatic heterocycles. The molecule has 1 spiro atoms. The highest BCUT2D eigenvalue weighted by molar-refractivity contribution is 7.99. The fourth-order valence-electron chi connectivity index (χ4n) is 4.87. The smallest absolute Gasteiger partial charge is 0.260 e. The number of piperidine rings is 1. The molecule has 11 heteroatoms. The van der Waals surface area contributed by atoms with Crippen molar-refractivity contribution in [3.63, 3.8) is 0 Å². The lowest BCUT2D eigenvalue weighted by Crippen LogP contribution is -2.44. The monoisotopic (exact) mass is 497 g/mol. The first kappa shape index (κ1) is 21.0. The van der Waals surface area contributed by atoms with Crippen LogP contribution in [0.4, 0.5) is 5.82 Å². The largest absolute Gasteiger partial charge is 0.355 e. The molecule has 0 bridgehead atoms. The van der Waals surface area contributed by atoms with Crippen LogP contribution >= 0.6 is 34.7 Å². The van der Waals surface area contributed by atoms with Gasteiger partial charge in [0.15, 0.2) is 0 Å². The Hall–Kier alpha value is -2.53. The summed E-state index contributed by atoms with van der Waals surface area (Å²) in [5, 5.41) is 1.46. The van der Waals surface area contributed by atoms with E-state index < -0.39 is 0 Å². The van der Waals surface area contributed by atoms with Crippen molar-refractivity contribution in [2.24, 2.45) is 11.1 Å². The lowest BCUT2D eigenvalue weighted by molar-refractivity contribution is 0.187. The average Bonchev–Trinajstić information content (AvgIpc) is 3.38. The molecule has 6 rings (SSSR count). The second kappa shape index (κ2) is 8.05. The summed E-state index contributed by atoms with van der Waals surface area (Å²) in [4.78, 5) is 36.9. The van der Waals surface area contributed by atoms with Gasteiger partial charge in [-0.15, -0.1) is 11.3 Å². The van der Waals surface area contributed by atoms with Gasteiger partial charge in [0.1, 0.15) is 10.8 Å². The molecule has 1 aliphatic carbocycles. The number of rotatable bonds is 3. The van der Waals surface area contributed by atoms with Crippen molar-refractivity contribution in [2.45, 2.75) is 35.2 Å². The number of aromatic nitrogens is 5. The van der Waals surface area contributed by atoms with Crippen LogP contribution in [0.2, 0.25) is 5.02 Å². The number of H-pyrrole nitrogens is 1. The number of hydrogen-bond donors (Lipinski definition) is 2. The van der Waals surface area contributed by atoms with Crippen LogP contribution in [0, 0.1) is 5.41 Å². The van der Waals surface area contributed by atoms with Gasteiger partial charge in [-0.25, -0.2) is 19.9 Å². The minimum atomic E-state index is -0.260. The third kappa shape index (κ3) is 3.52. The number of fused-ring (bicyclic) bond motifs is 2. The van der Waals surface area contributed by atoms with Gasteiger partial charge in [0, 0.05) is 28.9 Å². The van der Waals surface area contributed by atoms with Gasteiger partial charge in [-0.3, -0.25) is 4.79 Å². The fraction of sp³-hybridized carbons (Fsp3) is 0.318. The molecule has 3 aromatic heterocycles. The standard InChI is InChI=1S/C22H20ClN7OS2/c23-18-14(2-1-12-17(18)21(31)28-10-27-12)33-16-9-25-15(8-26-16)30-5-3-22(4-6-30)7-13-19(20(22)24)32-11-29-13/h1-2,8-11,20H,3-7,24H2,(H,27,28,31)/t20-/m1/s1. The Balaban J connectivity index is 1.16. The van der Waals surface area contributed by atoms with E-state index in [9.17, 15) is 4.79 Å². The maximum absolute atomic E-state index is 12.2. The molecule has 3 N–H and O–H groups in total. The zero-order valence-corrected chi connectivity index (χ0v) is 19.9. The van der Waals surface area contributed by atoms with Crippen molar-refractivity contribution in [2.75, 3.05) is 18.0 Å². The predicted molar refractivity (Wildman–Crippen MR) is 130 cm³/mol. The van der Waals surface area contributed by atoms with E-state index in [1.54, 1.807) is 29.8 Å². The van der Waals surface area contributed by atoms with E-state index in [4.69, 9.17) is 17.3 Å². The predicted octanol–water partition coefficient (Wildman–Crippen LogP) is 3.82. The second-order valence-electron chi connectivity index (χ2n) is 8.49. The normalized spacial score (nSPS) is 19.3. The van der Waals surface area contributed by atoms with Gasteiger partial charge in [-0.05, 0) is 36.8 Å². The summed E-state index contributed by atoms with van der Waals surface area (Å²) in [6.45, 7) is 1.80. The molecule has 168 valence electrons. The molecule has 0 amide bonds. The van der Waals surface area contributed by atoms with Crippen LogP contribution in [0.5, 0.6) is 0 Å². The van der Waals surface area contributed by atoms with Crippen LogP contribution in [0.1, 0.15) is 29.5 Å². The van der Waals surface area contributed by atoms with Gasteiger partial charge in [-0.1, -0.05) is 23.4 Å². The fourth-order valence-corrected chi connectivity index (χ4v) is 6.95. The highest BCUT2D eigenvalue weighted by Gasteiger charge is 2.47. The molecule has 8 nitrogen and oxygen atoms in total. The van der Waals surface area contributed by atoms with Gasteiger partial charge in [-0.2, -0.15) is 0 Å². The van der Waals surface area contributed by atoms with E-state index in [2.05, 4.69) is 29.8 Å². The van der Waals surface area contributed by atoms with E-state index in [-0.39, 0.29) is 17.0 Å². The van der Waals surface area contributed by atoms with Crippen molar-refractivity contribution in [3.8, 4) is 0 Å². The second-order valence-corrected chi connectivity index (χ2v) is 10.8. The first-order chi connectivity index (χ1) is 16.0. The van der Waals surface area contributed by atoms with Crippen molar-refractivity contribution < 1.29 is 0 Å². The van der Waals surface area contributed by atoms with E-state index >= 15 is 0 Å². The van der Waals surface area contributed by atoms with E-state index in [1.165, 1.54) is 28.7 Å². The Bertz CT molecular complexity index is 1400.